The largest absolute Gasteiger partial charge is 0.465 e. The molecule has 2 N–H and O–H groups in total. The molecule has 0 heterocycles. The van der Waals surface area contributed by atoms with Crippen LogP contribution in [0.2, 0.25) is 0 Å². The Morgan fingerprint density at radius 1 is 1.67 bits per heavy atom. The molecular formula is C6H14N2O. The number of hydrogen-bond acceptors (Lipinski definition) is 2. The second-order valence-corrected chi connectivity index (χ2v) is 2.27. The van der Waals surface area contributed by atoms with Gasteiger partial charge in [-0.1, -0.05) is 13.8 Å². The van der Waals surface area contributed by atoms with Crippen molar-refractivity contribution in [2.45, 2.75) is 13.8 Å². The lowest BCUT2D eigenvalue weighted by Crippen LogP contribution is -2.18. The maximum absolute atomic E-state index is 5.25. The van der Waals surface area contributed by atoms with Crippen molar-refractivity contribution >= 4 is 6.02 Å². The Kier molecular flexibility index (Phi) is 3.84. The van der Waals surface area contributed by atoms with Crippen molar-refractivity contribution in [3.63, 3.8) is 0 Å². The summed E-state index contributed by atoms with van der Waals surface area (Å²) in [6.45, 7) is 4.76. The lowest BCUT2D eigenvalue weighted by atomic mass is 10.2. The molecule has 0 saturated carbocycles. The van der Waals surface area contributed by atoms with Gasteiger partial charge in [-0.25, -0.2) is 4.99 Å². The maximum atomic E-state index is 5.25. The van der Waals surface area contributed by atoms with Crippen molar-refractivity contribution in [1.82, 2.24) is 0 Å². The lowest BCUT2D eigenvalue weighted by Gasteiger charge is -2.05. The number of amidine groups is 1. The fourth-order valence-electron chi connectivity index (χ4n) is 0.317. The van der Waals surface area contributed by atoms with E-state index < -0.39 is 0 Å². The predicted molar refractivity (Wildman–Crippen MR) is 38.3 cm³/mol. The number of ether oxygens (including phenoxy) is 1. The first-order valence-electron chi connectivity index (χ1n) is 3.02. The number of nitrogens with two attached hydrogens (primary N) is 1. The van der Waals surface area contributed by atoms with Gasteiger partial charge in [-0.3, -0.25) is 0 Å². The van der Waals surface area contributed by atoms with Gasteiger partial charge in [0.15, 0.2) is 0 Å². The van der Waals surface area contributed by atoms with Gasteiger partial charge in [0.2, 0.25) is 0 Å². The predicted octanol–water partition coefficient (Wildman–Crippen LogP) is 0.603. The highest BCUT2D eigenvalue weighted by Gasteiger charge is 1.94. The van der Waals surface area contributed by atoms with Gasteiger partial charge in [0, 0.05) is 7.05 Å². The zero-order chi connectivity index (χ0) is 7.28. The minimum atomic E-state index is 0.267. The summed E-state index contributed by atoms with van der Waals surface area (Å²) >= 11 is 0. The standard InChI is InChI=1S/C6H14N2O/c1-5(2)4-9-6(7)8-3/h5H,4H2,1-3H3,(H2,7,8). The van der Waals surface area contributed by atoms with Crippen molar-refractivity contribution < 1.29 is 4.74 Å². The van der Waals surface area contributed by atoms with Crippen LogP contribution in [0.1, 0.15) is 13.8 Å². The molecule has 0 aliphatic carbocycles. The zero-order valence-electron chi connectivity index (χ0n) is 6.22. The first-order chi connectivity index (χ1) is 4.16. The molecule has 0 aromatic rings. The van der Waals surface area contributed by atoms with Crippen LogP contribution >= 0.6 is 0 Å². The van der Waals surface area contributed by atoms with E-state index in [1.165, 1.54) is 0 Å². The molecule has 0 aliphatic rings. The van der Waals surface area contributed by atoms with Crippen LogP contribution in [0.25, 0.3) is 0 Å². The summed E-state index contributed by atoms with van der Waals surface area (Å²) in [7, 11) is 1.61. The summed E-state index contributed by atoms with van der Waals surface area (Å²) in [5.74, 6) is 0.505. The molecule has 54 valence electrons. The van der Waals surface area contributed by atoms with Crippen molar-refractivity contribution in [2.24, 2.45) is 16.6 Å². The minimum Gasteiger partial charge on any atom is -0.465 e. The fraction of sp³-hybridized carbons (Fsp3) is 0.833. The van der Waals surface area contributed by atoms with E-state index in [0.717, 1.165) is 0 Å². The Bertz CT molecular complexity index is 99.2. The van der Waals surface area contributed by atoms with Crippen molar-refractivity contribution in [3.05, 3.63) is 0 Å². The molecule has 0 bridgehead atoms. The Hall–Kier alpha value is -0.730. The second kappa shape index (κ2) is 4.18. The van der Waals surface area contributed by atoms with Crippen LogP contribution in [0, 0.1) is 5.92 Å². The Balaban J connectivity index is 3.28. The number of aliphatic imine (C=N–C) groups is 1. The van der Waals surface area contributed by atoms with Gasteiger partial charge in [0.05, 0.1) is 6.61 Å². The van der Waals surface area contributed by atoms with Gasteiger partial charge in [0.1, 0.15) is 0 Å². The third-order valence-electron chi connectivity index (χ3n) is 0.785. The second-order valence-electron chi connectivity index (χ2n) is 2.27. The van der Waals surface area contributed by atoms with Gasteiger partial charge < -0.3 is 10.5 Å². The quantitative estimate of drug-likeness (QED) is 0.439. The highest BCUT2D eigenvalue weighted by atomic mass is 16.5. The maximum Gasteiger partial charge on any atom is 0.281 e. The molecule has 0 rings (SSSR count). The number of nitrogens with zero attached hydrogens (tertiary/aromatic N) is 1. The topological polar surface area (TPSA) is 47.6 Å². The van der Waals surface area contributed by atoms with Crippen LogP contribution in [-0.2, 0) is 4.74 Å². The van der Waals surface area contributed by atoms with E-state index in [1.54, 1.807) is 7.05 Å². The first-order valence-corrected chi connectivity index (χ1v) is 3.02. The number of rotatable bonds is 2. The third kappa shape index (κ3) is 5.14. The van der Waals surface area contributed by atoms with Crippen molar-refractivity contribution in [3.8, 4) is 0 Å². The Morgan fingerprint density at radius 2 is 2.22 bits per heavy atom. The zero-order valence-corrected chi connectivity index (χ0v) is 6.22. The van der Waals surface area contributed by atoms with Gasteiger partial charge in [-0.15, -0.1) is 0 Å². The number of hydrogen-bond donors (Lipinski definition) is 1. The van der Waals surface area contributed by atoms with E-state index >= 15 is 0 Å². The third-order valence-corrected chi connectivity index (χ3v) is 0.785. The molecule has 3 nitrogen and oxygen atoms in total. The SMILES string of the molecule is CN=C(N)OCC(C)C. The van der Waals surface area contributed by atoms with E-state index in [4.69, 9.17) is 10.5 Å². The smallest absolute Gasteiger partial charge is 0.281 e. The molecular weight excluding hydrogens is 116 g/mol. The molecule has 3 heteroatoms. The first kappa shape index (κ1) is 8.27. The average molecular weight is 130 g/mol. The molecule has 0 fully saturated rings. The normalized spacial score (nSPS) is 12.2. The van der Waals surface area contributed by atoms with Crippen LogP contribution in [0.3, 0.4) is 0 Å². The van der Waals surface area contributed by atoms with Crippen molar-refractivity contribution in [1.29, 1.82) is 0 Å². The van der Waals surface area contributed by atoms with Crippen LogP contribution in [0.5, 0.6) is 0 Å². The summed E-state index contributed by atoms with van der Waals surface area (Å²) in [6, 6.07) is 0.267. The van der Waals surface area contributed by atoms with E-state index in [2.05, 4.69) is 18.8 Å². The summed E-state index contributed by atoms with van der Waals surface area (Å²) < 4.78 is 4.98. The van der Waals surface area contributed by atoms with Crippen LogP contribution in [0.15, 0.2) is 4.99 Å². The fourth-order valence-corrected chi connectivity index (χ4v) is 0.317. The molecule has 0 unspecified atom stereocenters. The highest BCUT2D eigenvalue weighted by molar-refractivity contribution is 5.71. The Labute approximate surface area is 55.9 Å². The molecule has 9 heavy (non-hydrogen) atoms. The van der Waals surface area contributed by atoms with E-state index in [-0.39, 0.29) is 6.02 Å². The molecule has 0 spiro atoms. The van der Waals surface area contributed by atoms with E-state index in [0.29, 0.717) is 12.5 Å². The molecule has 0 aliphatic heterocycles. The van der Waals surface area contributed by atoms with Gasteiger partial charge in [0.25, 0.3) is 6.02 Å². The van der Waals surface area contributed by atoms with Gasteiger partial charge in [-0.05, 0) is 5.92 Å². The van der Waals surface area contributed by atoms with Crippen molar-refractivity contribution in [2.75, 3.05) is 13.7 Å². The average Bonchev–Trinajstić information content (AvgIpc) is 1.83. The summed E-state index contributed by atoms with van der Waals surface area (Å²) in [5, 5.41) is 0. The van der Waals surface area contributed by atoms with Crippen LogP contribution < -0.4 is 5.73 Å². The summed E-state index contributed by atoms with van der Waals surface area (Å²) in [4.78, 5) is 3.63. The van der Waals surface area contributed by atoms with Gasteiger partial charge >= 0.3 is 0 Å². The molecule has 0 aromatic carbocycles. The molecule has 0 saturated heterocycles. The lowest BCUT2D eigenvalue weighted by molar-refractivity contribution is 0.254. The monoisotopic (exact) mass is 130 g/mol. The van der Waals surface area contributed by atoms with Gasteiger partial charge in [-0.2, -0.15) is 0 Å². The molecule has 0 amide bonds. The minimum absolute atomic E-state index is 0.267. The van der Waals surface area contributed by atoms with Crippen LogP contribution in [0.4, 0.5) is 0 Å². The summed E-state index contributed by atoms with van der Waals surface area (Å²) in [5.41, 5.74) is 5.25. The van der Waals surface area contributed by atoms with Crippen LogP contribution in [-0.4, -0.2) is 19.7 Å². The molecule has 0 atom stereocenters. The van der Waals surface area contributed by atoms with E-state index in [1.807, 2.05) is 0 Å². The molecule has 0 radical (unpaired) electrons. The summed E-state index contributed by atoms with van der Waals surface area (Å²) in [6.07, 6.45) is 0. The Morgan fingerprint density at radius 3 is 2.56 bits per heavy atom. The highest BCUT2D eigenvalue weighted by Crippen LogP contribution is 1.90. The molecule has 0 aromatic heterocycles. The van der Waals surface area contributed by atoms with E-state index in [9.17, 15) is 0 Å².